The highest BCUT2D eigenvalue weighted by molar-refractivity contribution is 7.91. The fourth-order valence-electron chi connectivity index (χ4n) is 2.26. The largest absolute Gasteiger partial charge is 0.449 e. The number of sulfone groups is 1. The molecule has 3 aromatic rings. The lowest BCUT2D eigenvalue weighted by Gasteiger charge is -2.10. The third-order valence-electron chi connectivity index (χ3n) is 3.75. The fourth-order valence-corrected chi connectivity index (χ4v) is 2.98. The molecule has 0 radical (unpaired) electrons. The lowest BCUT2D eigenvalue weighted by molar-refractivity contribution is 0.0279. The molecule has 0 aliphatic carbocycles. The minimum Gasteiger partial charge on any atom is -0.449 e. The van der Waals surface area contributed by atoms with Crippen LogP contribution in [-0.4, -0.2) is 30.3 Å². The van der Waals surface area contributed by atoms with E-state index < -0.39 is 32.6 Å². The molecule has 28 heavy (non-hydrogen) atoms. The SMILES string of the molecule is CC(OC(=O)c1ccc(S(=O)(=O)C(F)F)cc1)c1nnc(-c2ccccc2)o1. The number of ether oxygens (including phenoxy) is 1. The molecule has 1 aromatic heterocycles. The van der Waals surface area contributed by atoms with Crippen LogP contribution < -0.4 is 0 Å². The zero-order valence-corrected chi connectivity index (χ0v) is 15.3. The van der Waals surface area contributed by atoms with Crippen LogP contribution in [0.5, 0.6) is 0 Å². The highest BCUT2D eigenvalue weighted by Gasteiger charge is 2.27. The molecule has 0 saturated heterocycles. The summed E-state index contributed by atoms with van der Waals surface area (Å²) in [6.07, 6.45) is -0.873. The molecular formula is C18H14F2N2O5S. The number of esters is 1. The molecule has 0 spiro atoms. The topological polar surface area (TPSA) is 99.4 Å². The summed E-state index contributed by atoms with van der Waals surface area (Å²) < 4.78 is 58.6. The zero-order chi connectivity index (χ0) is 20.3. The average Bonchev–Trinajstić information content (AvgIpc) is 3.19. The van der Waals surface area contributed by atoms with Crippen molar-refractivity contribution in [2.45, 2.75) is 23.7 Å². The number of aromatic nitrogens is 2. The standard InChI is InChI=1S/C18H14F2N2O5S/c1-11(15-21-22-16(27-15)12-5-3-2-4-6-12)26-17(23)13-7-9-14(10-8-13)28(24,25)18(19)20/h2-11,18H,1H3. The molecule has 146 valence electrons. The van der Waals surface area contributed by atoms with E-state index in [-0.39, 0.29) is 17.3 Å². The summed E-state index contributed by atoms with van der Waals surface area (Å²) in [6.45, 7) is 1.52. The molecule has 7 nitrogen and oxygen atoms in total. The van der Waals surface area contributed by atoms with E-state index in [0.29, 0.717) is 5.56 Å². The van der Waals surface area contributed by atoms with Crippen LogP contribution in [0.2, 0.25) is 0 Å². The molecular weight excluding hydrogens is 394 g/mol. The summed E-state index contributed by atoms with van der Waals surface area (Å²) in [4.78, 5) is 11.6. The van der Waals surface area contributed by atoms with Crippen molar-refractivity contribution in [1.82, 2.24) is 10.2 Å². The first-order chi connectivity index (χ1) is 13.3. The van der Waals surface area contributed by atoms with Crippen LogP contribution in [0.4, 0.5) is 8.78 Å². The van der Waals surface area contributed by atoms with Crippen molar-refractivity contribution in [1.29, 1.82) is 0 Å². The van der Waals surface area contributed by atoms with Gasteiger partial charge in [0.15, 0.2) is 6.10 Å². The van der Waals surface area contributed by atoms with Gasteiger partial charge in [-0.1, -0.05) is 18.2 Å². The quantitative estimate of drug-likeness (QED) is 0.574. The third-order valence-corrected chi connectivity index (χ3v) is 5.14. The van der Waals surface area contributed by atoms with Crippen molar-refractivity contribution in [3.63, 3.8) is 0 Å². The Hall–Kier alpha value is -3.14. The number of hydrogen-bond acceptors (Lipinski definition) is 7. The number of carbonyl (C=O) groups excluding carboxylic acids is 1. The predicted octanol–water partition coefficient (Wildman–Crippen LogP) is 3.65. The van der Waals surface area contributed by atoms with Crippen molar-refractivity contribution in [2.24, 2.45) is 0 Å². The van der Waals surface area contributed by atoms with Gasteiger partial charge in [0, 0.05) is 5.56 Å². The van der Waals surface area contributed by atoms with E-state index in [1.165, 1.54) is 6.92 Å². The molecule has 1 heterocycles. The molecule has 0 fully saturated rings. The number of nitrogens with zero attached hydrogens (tertiary/aromatic N) is 2. The number of hydrogen-bond donors (Lipinski definition) is 0. The summed E-state index contributed by atoms with van der Waals surface area (Å²) in [6, 6.07) is 13.0. The van der Waals surface area contributed by atoms with Gasteiger partial charge in [0.2, 0.25) is 15.7 Å². The Bertz CT molecular complexity index is 1070. The van der Waals surface area contributed by atoms with Gasteiger partial charge in [-0.3, -0.25) is 0 Å². The van der Waals surface area contributed by atoms with Crippen molar-refractivity contribution in [3.8, 4) is 11.5 Å². The number of carbonyl (C=O) groups is 1. The molecule has 3 rings (SSSR count). The number of alkyl halides is 2. The van der Waals surface area contributed by atoms with Gasteiger partial charge in [0.05, 0.1) is 10.5 Å². The smallest absolute Gasteiger partial charge is 0.341 e. The van der Waals surface area contributed by atoms with Gasteiger partial charge >= 0.3 is 11.7 Å². The maximum Gasteiger partial charge on any atom is 0.341 e. The average molecular weight is 408 g/mol. The lowest BCUT2D eigenvalue weighted by Crippen LogP contribution is -2.12. The van der Waals surface area contributed by atoms with Crippen LogP contribution >= 0.6 is 0 Å². The Morgan fingerprint density at radius 2 is 1.68 bits per heavy atom. The molecule has 0 aliphatic rings. The normalized spacial score (nSPS) is 12.7. The Labute approximate surface area is 158 Å². The van der Waals surface area contributed by atoms with E-state index in [1.54, 1.807) is 24.3 Å². The van der Waals surface area contributed by atoms with E-state index in [9.17, 15) is 22.0 Å². The number of rotatable bonds is 6. The van der Waals surface area contributed by atoms with Gasteiger partial charge in [-0.05, 0) is 43.3 Å². The van der Waals surface area contributed by atoms with Gasteiger partial charge in [0.1, 0.15) is 0 Å². The van der Waals surface area contributed by atoms with Crippen molar-refractivity contribution < 1.29 is 31.1 Å². The number of benzene rings is 2. The molecule has 0 saturated carbocycles. The Morgan fingerprint density at radius 3 is 2.29 bits per heavy atom. The molecule has 2 aromatic carbocycles. The molecule has 0 bridgehead atoms. The maximum atomic E-state index is 12.5. The summed E-state index contributed by atoms with van der Waals surface area (Å²) in [5.41, 5.74) is 0.693. The molecule has 1 atom stereocenters. The molecule has 10 heteroatoms. The summed E-state index contributed by atoms with van der Waals surface area (Å²) in [5, 5.41) is 7.75. The number of halogens is 2. The predicted molar refractivity (Wildman–Crippen MR) is 93.2 cm³/mol. The van der Waals surface area contributed by atoms with Crippen molar-refractivity contribution in [3.05, 3.63) is 66.1 Å². The highest BCUT2D eigenvalue weighted by atomic mass is 32.2. The van der Waals surface area contributed by atoms with Crippen LogP contribution in [-0.2, 0) is 14.6 Å². The van der Waals surface area contributed by atoms with Crippen LogP contribution in [0.3, 0.4) is 0 Å². The van der Waals surface area contributed by atoms with Crippen molar-refractivity contribution in [2.75, 3.05) is 0 Å². The Morgan fingerprint density at radius 1 is 1.04 bits per heavy atom. The first-order valence-corrected chi connectivity index (χ1v) is 9.55. The Kier molecular flexibility index (Phi) is 5.50. The molecule has 1 unspecified atom stereocenters. The second-order valence-corrected chi connectivity index (χ2v) is 7.61. The summed E-state index contributed by atoms with van der Waals surface area (Å²) in [7, 11) is -4.73. The highest BCUT2D eigenvalue weighted by Crippen LogP contribution is 2.24. The minimum atomic E-state index is -4.73. The third kappa shape index (κ3) is 4.06. The van der Waals surface area contributed by atoms with E-state index >= 15 is 0 Å². The first kappa shape index (κ1) is 19.6. The van der Waals surface area contributed by atoms with Gasteiger partial charge in [-0.15, -0.1) is 10.2 Å². The summed E-state index contributed by atoms with van der Waals surface area (Å²) >= 11 is 0. The van der Waals surface area contributed by atoms with Gasteiger partial charge < -0.3 is 9.15 Å². The molecule has 0 amide bonds. The molecule has 0 aliphatic heterocycles. The van der Waals surface area contributed by atoms with Gasteiger partial charge in [-0.2, -0.15) is 8.78 Å². The van der Waals surface area contributed by atoms with Gasteiger partial charge in [0.25, 0.3) is 5.89 Å². The van der Waals surface area contributed by atoms with Crippen molar-refractivity contribution >= 4 is 15.8 Å². The Balaban J connectivity index is 1.70. The van der Waals surface area contributed by atoms with E-state index in [4.69, 9.17) is 9.15 Å². The van der Waals surface area contributed by atoms with Crippen LogP contribution in [0.1, 0.15) is 29.3 Å². The summed E-state index contributed by atoms with van der Waals surface area (Å²) in [5.74, 6) is -4.00. The van der Waals surface area contributed by atoms with Crippen LogP contribution in [0, 0.1) is 0 Å². The van der Waals surface area contributed by atoms with E-state index in [1.807, 2.05) is 6.07 Å². The second-order valence-electron chi connectivity index (χ2n) is 5.69. The monoisotopic (exact) mass is 408 g/mol. The van der Waals surface area contributed by atoms with E-state index in [2.05, 4.69) is 10.2 Å². The maximum absolute atomic E-state index is 12.5. The fraction of sp³-hybridized carbons (Fsp3) is 0.167. The second kappa shape index (κ2) is 7.85. The van der Waals surface area contributed by atoms with Gasteiger partial charge in [-0.25, -0.2) is 13.2 Å². The first-order valence-electron chi connectivity index (χ1n) is 8.01. The van der Waals surface area contributed by atoms with Crippen LogP contribution in [0.25, 0.3) is 11.5 Å². The van der Waals surface area contributed by atoms with Crippen LogP contribution in [0.15, 0.2) is 63.9 Å². The van der Waals surface area contributed by atoms with E-state index in [0.717, 1.165) is 24.3 Å². The lowest BCUT2D eigenvalue weighted by atomic mass is 10.2. The zero-order valence-electron chi connectivity index (χ0n) is 14.5. The minimum absolute atomic E-state index is 0.0112. The molecule has 0 N–H and O–H groups in total.